The van der Waals surface area contributed by atoms with Gasteiger partial charge in [-0.3, -0.25) is 4.79 Å². The molecule has 1 aromatic heterocycles. The van der Waals surface area contributed by atoms with Crippen LogP contribution in [0.2, 0.25) is 0 Å². The quantitative estimate of drug-likeness (QED) is 0.569. The average molecular weight is 412 g/mol. The van der Waals surface area contributed by atoms with E-state index >= 15 is 0 Å². The lowest BCUT2D eigenvalue weighted by Gasteiger charge is -2.14. The molecule has 3 aromatic rings. The molecule has 2 aromatic carbocycles. The van der Waals surface area contributed by atoms with Crippen molar-refractivity contribution in [2.24, 2.45) is 0 Å². The molecule has 7 nitrogen and oxygen atoms in total. The topological polar surface area (TPSA) is 72.3 Å². The summed E-state index contributed by atoms with van der Waals surface area (Å²) >= 11 is 1.37. The van der Waals surface area contributed by atoms with Crippen molar-refractivity contribution >= 4 is 29.0 Å². The normalized spacial score (nSPS) is 10.6. The molecule has 0 bridgehead atoms. The van der Waals surface area contributed by atoms with Gasteiger partial charge in [0.15, 0.2) is 11.0 Å². The molecule has 0 aliphatic heterocycles. The van der Waals surface area contributed by atoms with Gasteiger partial charge in [-0.2, -0.15) is 0 Å². The van der Waals surface area contributed by atoms with Gasteiger partial charge in [0.05, 0.1) is 12.9 Å². The molecule has 1 amide bonds. The fourth-order valence-corrected chi connectivity index (χ4v) is 3.65. The molecule has 0 saturated heterocycles. The summed E-state index contributed by atoms with van der Waals surface area (Å²) in [5.41, 5.74) is 2.80. The van der Waals surface area contributed by atoms with Gasteiger partial charge in [-0.1, -0.05) is 30.0 Å². The van der Waals surface area contributed by atoms with E-state index in [0.29, 0.717) is 18.0 Å². The smallest absolute Gasteiger partial charge is 0.234 e. The molecule has 0 radical (unpaired) electrons. The standard InChI is InChI=1S/C21H25N5O2S/c1-5-26-20(15-8-6-10-17(12-15)25(2)3)23-24-21(26)29-14-19(27)22-16-9-7-11-18(13-16)28-4/h6-13H,5,14H2,1-4H3,(H,22,27). The Balaban J connectivity index is 1.70. The number of nitrogens with zero attached hydrogens (tertiary/aromatic N) is 4. The Bertz CT molecular complexity index is 987. The highest BCUT2D eigenvalue weighted by atomic mass is 32.2. The largest absolute Gasteiger partial charge is 0.497 e. The maximum Gasteiger partial charge on any atom is 0.234 e. The minimum Gasteiger partial charge on any atom is -0.497 e. The Morgan fingerprint density at radius 2 is 1.97 bits per heavy atom. The zero-order valence-corrected chi connectivity index (χ0v) is 17.9. The Kier molecular flexibility index (Phi) is 6.77. The summed E-state index contributed by atoms with van der Waals surface area (Å²) in [6.07, 6.45) is 0. The molecule has 1 heterocycles. The lowest BCUT2D eigenvalue weighted by atomic mass is 10.2. The van der Waals surface area contributed by atoms with Crippen molar-refractivity contribution in [2.45, 2.75) is 18.6 Å². The number of carbonyl (C=O) groups excluding carboxylic acids is 1. The van der Waals surface area contributed by atoms with E-state index in [2.05, 4.69) is 32.5 Å². The lowest BCUT2D eigenvalue weighted by molar-refractivity contribution is -0.113. The Morgan fingerprint density at radius 3 is 2.69 bits per heavy atom. The first-order valence-electron chi connectivity index (χ1n) is 9.29. The number of anilines is 2. The molecule has 29 heavy (non-hydrogen) atoms. The molecule has 0 aliphatic carbocycles. The Hall–Kier alpha value is -3.00. The van der Waals surface area contributed by atoms with Crippen LogP contribution in [0.4, 0.5) is 11.4 Å². The number of methoxy groups -OCH3 is 1. The number of hydrogen-bond donors (Lipinski definition) is 1. The summed E-state index contributed by atoms with van der Waals surface area (Å²) in [7, 11) is 5.61. The van der Waals surface area contributed by atoms with Crippen LogP contribution in [0.5, 0.6) is 5.75 Å². The number of amides is 1. The average Bonchev–Trinajstić information content (AvgIpc) is 3.15. The molecule has 3 rings (SSSR count). The van der Waals surface area contributed by atoms with Crippen LogP contribution in [-0.2, 0) is 11.3 Å². The van der Waals surface area contributed by atoms with Gasteiger partial charge in [0.2, 0.25) is 5.91 Å². The second-order valence-corrected chi connectivity index (χ2v) is 7.51. The third kappa shape index (κ3) is 5.08. The van der Waals surface area contributed by atoms with E-state index in [4.69, 9.17) is 4.74 Å². The van der Waals surface area contributed by atoms with Gasteiger partial charge in [0.1, 0.15) is 5.75 Å². The number of thioether (sulfide) groups is 1. The summed E-state index contributed by atoms with van der Waals surface area (Å²) in [5.74, 6) is 1.63. The van der Waals surface area contributed by atoms with E-state index in [1.165, 1.54) is 11.8 Å². The van der Waals surface area contributed by atoms with E-state index < -0.39 is 0 Å². The highest BCUT2D eigenvalue weighted by Gasteiger charge is 2.15. The first-order chi connectivity index (χ1) is 14.0. The second-order valence-electron chi connectivity index (χ2n) is 6.56. The minimum absolute atomic E-state index is 0.106. The van der Waals surface area contributed by atoms with Crippen molar-refractivity contribution in [3.8, 4) is 17.1 Å². The maximum absolute atomic E-state index is 12.3. The molecule has 152 valence electrons. The molecule has 0 unspecified atom stereocenters. The van der Waals surface area contributed by atoms with Crippen LogP contribution in [-0.4, -0.2) is 47.6 Å². The first-order valence-corrected chi connectivity index (χ1v) is 10.3. The van der Waals surface area contributed by atoms with Crippen LogP contribution in [0, 0.1) is 0 Å². The highest BCUT2D eigenvalue weighted by Crippen LogP contribution is 2.26. The van der Waals surface area contributed by atoms with Gasteiger partial charge in [0, 0.05) is 43.6 Å². The van der Waals surface area contributed by atoms with Gasteiger partial charge >= 0.3 is 0 Å². The summed E-state index contributed by atoms with van der Waals surface area (Å²) in [6.45, 7) is 2.76. The van der Waals surface area contributed by atoms with Gasteiger partial charge in [0.25, 0.3) is 0 Å². The van der Waals surface area contributed by atoms with E-state index in [0.717, 1.165) is 22.2 Å². The van der Waals surface area contributed by atoms with Crippen LogP contribution in [0.3, 0.4) is 0 Å². The number of ether oxygens (including phenoxy) is 1. The maximum atomic E-state index is 12.3. The molecule has 1 N–H and O–H groups in total. The van der Waals surface area contributed by atoms with E-state index in [1.54, 1.807) is 13.2 Å². The fraction of sp³-hybridized carbons (Fsp3) is 0.286. The summed E-state index contributed by atoms with van der Waals surface area (Å²) < 4.78 is 7.21. The molecule has 0 atom stereocenters. The number of nitrogens with one attached hydrogen (secondary N) is 1. The third-order valence-electron chi connectivity index (χ3n) is 4.34. The Labute approximate surface area is 175 Å². The SMILES string of the molecule is CCn1c(SCC(=O)Nc2cccc(OC)c2)nnc1-c1cccc(N(C)C)c1. The van der Waals surface area contributed by atoms with Crippen LogP contribution >= 0.6 is 11.8 Å². The molecule has 0 fully saturated rings. The van der Waals surface area contributed by atoms with Crippen molar-refractivity contribution in [2.75, 3.05) is 37.2 Å². The number of hydrogen-bond acceptors (Lipinski definition) is 6. The number of rotatable bonds is 8. The van der Waals surface area contributed by atoms with Crippen LogP contribution in [0.15, 0.2) is 53.7 Å². The van der Waals surface area contributed by atoms with E-state index in [9.17, 15) is 4.79 Å². The Morgan fingerprint density at radius 1 is 1.17 bits per heavy atom. The first kappa shape index (κ1) is 20.7. The van der Waals surface area contributed by atoms with Gasteiger partial charge in [-0.05, 0) is 31.2 Å². The molecule has 8 heteroatoms. The zero-order valence-electron chi connectivity index (χ0n) is 17.0. The van der Waals surface area contributed by atoms with Crippen LogP contribution in [0.25, 0.3) is 11.4 Å². The number of aromatic nitrogens is 3. The van der Waals surface area contributed by atoms with Gasteiger partial charge in [-0.25, -0.2) is 0 Å². The van der Waals surface area contributed by atoms with E-state index in [1.807, 2.05) is 55.9 Å². The predicted octanol–water partition coefficient (Wildman–Crippen LogP) is 3.77. The molecule has 0 saturated carbocycles. The lowest BCUT2D eigenvalue weighted by Crippen LogP contribution is -2.14. The summed E-state index contributed by atoms with van der Waals surface area (Å²) in [6, 6.07) is 15.4. The van der Waals surface area contributed by atoms with Crippen LogP contribution in [0.1, 0.15) is 6.92 Å². The van der Waals surface area contributed by atoms with Crippen molar-refractivity contribution in [3.63, 3.8) is 0 Å². The fourth-order valence-electron chi connectivity index (χ4n) is 2.85. The third-order valence-corrected chi connectivity index (χ3v) is 5.31. The molecular weight excluding hydrogens is 386 g/mol. The van der Waals surface area contributed by atoms with Gasteiger partial charge in [-0.15, -0.1) is 10.2 Å². The summed E-state index contributed by atoms with van der Waals surface area (Å²) in [5, 5.41) is 12.3. The van der Waals surface area contributed by atoms with Crippen molar-refractivity contribution in [1.82, 2.24) is 14.8 Å². The minimum atomic E-state index is -0.106. The molecular formula is C21H25N5O2S. The summed E-state index contributed by atoms with van der Waals surface area (Å²) in [4.78, 5) is 14.4. The van der Waals surface area contributed by atoms with Crippen molar-refractivity contribution < 1.29 is 9.53 Å². The number of carbonyl (C=O) groups is 1. The zero-order chi connectivity index (χ0) is 20.8. The van der Waals surface area contributed by atoms with Crippen molar-refractivity contribution in [3.05, 3.63) is 48.5 Å². The monoisotopic (exact) mass is 411 g/mol. The van der Waals surface area contributed by atoms with Gasteiger partial charge < -0.3 is 19.5 Å². The number of benzene rings is 2. The van der Waals surface area contributed by atoms with E-state index in [-0.39, 0.29) is 11.7 Å². The second kappa shape index (κ2) is 9.47. The predicted molar refractivity (Wildman–Crippen MR) is 118 cm³/mol. The molecule has 0 aliphatic rings. The molecule has 0 spiro atoms. The van der Waals surface area contributed by atoms with Crippen molar-refractivity contribution in [1.29, 1.82) is 0 Å². The highest BCUT2D eigenvalue weighted by molar-refractivity contribution is 7.99. The van der Waals surface area contributed by atoms with Crippen LogP contribution < -0.4 is 15.0 Å².